The number of aromatic nitrogens is 1. The highest BCUT2D eigenvalue weighted by molar-refractivity contribution is 9.10. The summed E-state index contributed by atoms with van der Waals surface area (Å²) in [6.45, 7) is 1.65. The van der Waals surface area contributed by atoms with Gasteiger partial charge in [-0.3, -0.25) is 0 Å². The third-order valence-electron chi connectivity index (χ3n) is 4.06. The van der Waals surface area contributed by atoms with E-state index in [1.807, 2.05) is 0 Å². The maximum atomic E-state index is 13.1. The average Bonchev–Trinajstić information content (AvgIpc) is 2.60. The fourth-order valence-corrected chi connectivity index (χ4v) is 3.29. The minimum absolute atomic E-state index is 0.278. The van der Waals surface area contributed by atoms with Gasteiger partial charge in [0.2, 0.25) is 0 Å². The highest BCUT2D eigenvalue weighted by atomic mass is 79.9. The molecule has 0 fully saturated rings. The van der Waals surface area contributed by atoms with Crippen LogP contribution in [0, 0.1) is 6.92 Å². The smallest absolute Gasteiger partial charge is 0.416 e. The summed E-state index contributed by atoms with van der Waals surface area (Å²) in [7, 11) is 1.26. The Kier molecular flexibility index (Phi) is 4.75. The minimum atomic E-state index is -4.47. The van der Waals surface area contributed by atoms with Crippen LogP contribution in [0.2, 0.25) is 0 Å². The summed E-state index contributed by atoms with van der Waals surface area (Å²) in [5.74, 6) is -0.568. The van der Waals surface area contributed by atoms with Crippen LogP contribution >= 0.6 is 15.9 Å². The molecule has 3 rings (SSSR count). The average molecular weight is 424 g/mol. The number of ether oxygens (including phenoxy) is 1. The number of rotatable bonds is 2. The molecule has 0 saturated heterocycles. The van der Waals surface area contributed by atoms with E-state index in [1.165, 1.54) is 19.2 Å². The maximum Gasteiger partial charge on any atom is 0.416 e. The molecule has 0 saturated carbocycles. The van der Waals surface area contributed by atoms with Crippen molar-refractivity contribution in [2.24, 2.45) is 0 Å². The van der Waals surface area contributed by atoms with Crippen molar-refractivity contribution >= 4 is 32.8 Å². The van der Waals surface area contributed by atoms with Crippen LogP contribution in [0.1, 0.15) is 21.5 Å². The summed E-state index contributed by atoms with van der Waals surface area (Å²) >= 11 is 3.38. The van der Waals surface area contributed by atoms with E-state index in [0.717, 1.165) is 12.1 Å². The number of methoxy groups -OCH3 is 1. The molecule has 0 bridgehead atoms. The normalized spacial score (nSPS) is 11.6. The van der Waals surface area contributed by atoms with E-state index in [2.05, 4.69) is 20.9 Å². The molecule has 0 aliphatic rings. The van der Waals surface area contributed by atoms with Crippen molar-refractivity contribution in [3.05, 3.63) is 63.6 Å². The van der Waals surface area contributed by atoms with E-state index in [4.69, 9.17) is 4.74 Å². The van der Waals surface area contributed by atoms with Crippen LogP contribution in [0.5, 0.6) is 0 Å². The number of halogens is 4. The molecule has 2 aromatic carbocycles. The highest BCUT2D eigenvalue weighted by Gasteiger charge is 2.31. The van der Waals surface area contributed by atoms with Crippen molar-refractivity contribution < 1.29 is 22.7 Å². The van der Waals surface area contributed by atoms with Crippen LogP contribution in [-0.2, 0) is 10.9 Å². The van der Waals surface area contributed by atoms with Crippen LogP contribution in [0.25, 0.3) is 22.2 Å². The highest BCUT2D eigenvalue weighted by Crippen LogP contribution is 2.36. The first-order chi connectivity index (χ1) is 12.2. The Morgan fingerprint density at radius 2 is 1.85 bits per heavy atom. The zero-order valence-electron chi connectivity index (χ0n) is 13.8. The van der Waals surface area contributed by atoms with Crippen LogP contribution < -0.4 is 0 Å². The van der Waals surface area contributed by atoms with E-state index in [-0.39, 0.29) is 11.1 Å². The van der Waals surface area contributed by atoms with Crippen molar-refractivity contribution in [2.45, 2.75) is 13.1 Å². The summed E-state index contributed by atoms with van der Waals surface area (Å²) in [5, 5.41) is 0.569. The number of benzene rings is 2. The van der Waals surface area contributed by atoms with Gasteiger partial charge in [0.05, 0.1) is 29.4 Å². The summed E-state index contributed by atoms with van der Waals surface area (Å²) < 4.78 is 44.7. The third-order valence-corrected chi connectivity index (χ3v) is 4.70. The van der Waals surface area contributed by atoms with Gasteiger partial charge in [-0.2, -0.15) is 13.2 Å². The number of hydrogen-bond donors (Lipinski definition) is 0. The number of para-hydroxylation sites is 1. The lowest BCUT2D eigenvalue weighted by Crippen LogP contribution is -2.08. The first-order valence-corrected chi connectivity index (χ1v) is 8.38. The van der Waals surface area contributed by atoms with Crippen molar-refractivity contribution in [2.75, 3.05) is 7.11 Å². The van der Waals surface area contributed by atoms with E-state index >= 15 is 0 Å². The summed E-state index contributed by atoms with van der Waals surface area (Å²) in [6.07, 6.45) is -4.47. The molecule has 7 heteroatoms. The monoisotopic (exact) mass is 423 g/mol. The van der Waals surface area contributed by atoms with E-state index in [9.17, 15) is 18.0 Å². The third kappa shape index (κ3) is 3.19. The number of hydrogen-bond acceptors (Lipinski definition) is 3. The van der Waals surface area contributed by atoms with E-state index in [0.29, 0.717) is 26.6 Å². The lowest BCUT2D eigenvalue weighted by atomic mass is 9.97. The first kappa shape index (κ1) is 18.4. The van der Waals surface area contributed by atoms with Gasteiger partial charge in [0.15, 0.2) is 0 Å². The Labute approximate surface area is 155 Å². The largest absolute Gasteiger partial charge is 0.465 e. The van der Waals surface area contributed by atoms with E-state index < -0.39 is 17.7 Å². The minimum Gasteiger partial charge on any atom is -0.465 e. The molecule has 0 unspecified atom stereocenters. The number of alkyl halides is 3. The molecule has 0 spiro atoms. The number of nitrogens with zero attached hydrogens (tertiary/aromatic N) is 1. The van der Waals surface area contributed by atoms with Gasteiger partial charge in [-0.05, 0) is 46.6 Å². The molecule has 134 valence electrons. The number of pyridine rings is 1. The van der Waals surface area contributed by atoms with Crippen molar-refractivity contribution in [1.29, 1.82) is 0 Å². The van der Waals surface area contributed by atoms with Crippen LogP contribution in [0.15, 0.2) is 46.9 Å². The molecule has 0 N–H and O–H groups in total. The Hall–Kier alpha value is -2.41. The van der Waals surface area contributed by atoms with Crippen LogP contribution in [0.4, 0.5) is 13.2 Å². The van der Waals surface area contributed by atoms with Gasteiger partial charge in [-0.1, -0.05) is 24.3 Å². The van der Waals surface area contributed by atoms with Gasteiger partial charge < -0.3 is 4.74 Å². The van der Waals surface area contributed by atoms with Crippen molar-refractivity contribution in [3.8, 4) is 11.3 Å². The molecule has 0 atom stereocenters. The van der Waals surface area contributed by atoms with Crippen molar-refractivity contribution in [1.82, 2.24) is 4.98 Å². The predicted molar refractivity (Wildman–Crippen MR) is 96.0 cm³/mol. The molecule has 0 aliphatic carbocycles. The fourth-order valence-electron chi connectivity index (χ4n) is 2.84. The molecule has 1 heterocycles. The Bertz CT molecular complexity index is 1020. The second-order valence-electron chi connectivity index (χ2n) is 5.67. The number of esters is 1. The quantitative estimate of drug-likeness (QED) is 0.490. The topological polar surface area (TPSA) is 39.2 Å². The predicted octanol–water partition coefficient (Wildman–Crippen LogP) is 5.78. The second kappa shape index (κ2) is 6.72. The molecule has 3 nitrogen and oxygen atoms in total. The van der Waals surface area contributed by atoms with E-state index in [1.54, 1.807) is 25.1 Å². The molecular formula is C19H13BrF3NO2. The molecule has 0 amide bonds. The van der Waals surface area contributed by atoms with Crippen molar-refractivity contribution in [3.63, 3.8) is 0 Å². The van der Waals surface area contributed by atoms with Gasteiger partial charge in [0, 0.05) is 15.4 Å². The summed E-state index contributed by atoms with van der Waals surface area (Å²) in [4.78, 5) is 16.8. The van der Waals surface area contributed by atoms with Gasteiger partial charge in [0.1, 0.15) is 0 Å². The number of fused-ring (bicyclic) bond motifs is 1. The van der Waals surface area contributed by atoms with Gasteiger partial charge >= 0.3 is 12.1 Å². The lowest BCUT2D eigenvalue weighted by Gasteiger charge is -2.15. The zero-order chi connectivity index (χ0) is 19.1. The Morgan fingerprint density at radius 1 is 1.15 bits per heavy atom. The second-order valence-corrected chi connectivity index (χ2v) is 6.52. The number of carbonyl (C=O) groups is 1. The van der Waals surface area contributed by atoms with Gasteiger partial charge in [0.25, 0.3) is 0 Å². The fraction of sp³-hybridized carbons (Fsp3) is 0.158. The SMILES string of the molecule is COC(=O)c1c(C)c(-c2cccc(C(F)(F)F)c2)nc2c(Br)cccc12. The first-order valence-electron chi connectivity index (χ1n) is 7.59. The molecule has 1 aromatic heterocycles. The maximum absolute atomic E-state index is 13.1. The molecule has 0 aliphatic heterocycles. The molecule has 26 heavy (non-hydrogen) atoms. The van der Waals surface area contributed by atoms with Crippen LogP contribution in [-0.4, -0.2) is 18.1 Å². The molecule has 0 radical (unpaired) electrons. The van der Waals surface area contributed by atoms with Crippen LogP contribution in [0.3, 0.4) is 0 Å². The standard InChI is InChI=1S/C19H13BrF3NO2/c1-10-15(18(25)26-2)13-7-4-8-14(20)17(13)24-16(10)11-5-3-6-12(9-11)19(21,22)23/h3-9H,1-2H3. The summed E-state index contributed by atoms with van der Waals surface area (Å²) in [6, 6.07) is 10.1. The lowest BCUT2D eigenvalue weighted by molar-refractivity contribution is -0.137. The molecular weight excluding hydrogens is 411 g/mol. The Morgan fingerprint density at radius 3 is 2.50 bits per heavy atom. The number of carbonyl (C=O) groups excluding carboxylic acids is 1. The molecule has 3 aromatic rings. The van der Waals surface area contributed by atoms with Gasteiger partial charge in [-0.15, -0.1) is 0 Å². The van der Waals surface area contributed by atoms with Gasteiger partial charge in [-0.25, -0.2) is 9.78 Å². The zero-order valence-corrected chi connectivity index (χ0v) is 15.4. The summed E-state index contributed by atoms with van der Waals surface area (Å²) in [5.41, 5.74) is 1.03. The Balaban J connectivity index is 2.36.